The van der Waals surface area contributed by atoms with E-state index in [0.29, 0.717) is 4.34 Å². The van der Waals surface area contributed by atoms with E-state index in [1.165, 1.54) is 23.5 Å². The van der Waals surface area contributed by atoms with Crippen molar-refractivity contribution in [3.05, 3.63) is 76.9 Å². The van der Waals surface area contributed by atoms with E-state index in [1.807, 2.05) is 24.3 Å². The fourth-order valence-electron chi connectivity index (χ4n) is 3.54. The molecule has 3 N–H and O–H groups in total. The van der Waals surface area contributed by atoms with Crippen LogP contribution in [0, 0.1) is 0 Å². The van der Waals surface area contributed by atoms with Crippen LogP contribution in [0.4, 0.5) is 5.69 Å². The average Bonchev–Trinajstić information content (AvgIpc) is 3.14. The number of thiazole rings is 1. The number of hydrogen-bond acceptors (Lipinski definition) is 8. The van der Waals surface area contributed by atoms with Crippen LogP contribution in [0.1, 0.15) is 31.8 Å². The van der Waals surface area contributed by atoms with E-state index in [9.17, 15) is 22.6 Å². The molecule has 0 saturated heterocycles. The second-order valence-electron chi connectivity index (χ2n) is 6.76. The standard InChI is InChI=1S/C21H12N2O5S3.Na/c22-18-15(31(26,27)28)9-14(30-21-23-12-7-3-4-8-13(12)29-21)16-17(18)20(25)11-6-2-1-5-10(11)19(16)24;/h1-9H,22H2,(H,26,27,28);. The van der Waals surface area contributed by atoms with Gasteiger partial charge in [-0.1, -0.05) is 48.2 Å². The quantitative estimate of drug-likeness (QED) is 0.222. The normalized spacial score (nSPS) is 12.9. The number of anilines is 1. The molecule has 0 unspecified atom stereocenters. The van der Waals surface area contributed by atoms with Gasteiger partial charge in [0.2, 0.25) is 0 Å². The molecule has 0 atom stereocenters. The molecule has 7 nitrogen and oxygen atoms in total. The van der Waals surface area contributed by atoms with Gasteiger partial charge in [-0.05, 0) is 18.2 Å². The summed E-state index contributed by atoms with van der Waals surface area (Å²) in [4.78, 5) is 30.5. The Labute approximate surface area is 213 Å². The molecule has 1 aliphatic rings. The van der Waals surface area contributed by atoms with Crippen molar-refractivity contribution in [1.29, 1.82) is 0 Å². The molecule has 1 radical (unpaired) electrons. The first-order valence-corrected chi connectivity index (χ1v) is 12.0. The summed E-state index contributed by atoms with van der Waals surface area (Å²) in [7, 11) is -4.74. The number of carbonyl (C=O) groups is 2. The first kappa shape index (κ1) is 23.1. The number of para-hydroxylation sites is 1. The summed E-state index contributed by atoms with van der Waals surface area (Å²) >= 11 is 2.41. The number of fused-ring (bicyclic) bond motifs is 3. The Morgan fingerprint density at radius 3 is 2.16 bits per heavy atom. The van der Waals surface area contributed by atoms with Crippen molar-refractivity contribution in [2.75, 3.05) is 5.73 Å². The molecule has 1 aromatic heterocycles. The van der Waals surface area contributed by atoms with Crippen LogP contribution >= 0.6 is 23.1 Å². The molecule has 4 aromatic rings. The van der Waals surface area contributed by atoms with Gasteiger partial charge in [0.1, 0.15) is 4.90 Å². The van der Waals surface area contributed by atoms with Crippen LogP contribution in [0.5, 0.6) is 0 Å². The number of rotatable bonds is 3. The van der Waals surface area contributed by atoms with E-state index in [0.717, 1.165) is 28.0 Å². The molecule has 3 aromatic carbocycles. The fraction of sp³-hybridized carbons (Fsp3) is 0. The Balaban J connectivity index is 0.00000245. The summed E-state index contributed by atoms with van der Waals surface area (Å²) < 4.78 is 35.1. The predicted octanol–water partition coefficient (Wildman–Crippen LogP) is 3.67. The largest absolute Gasteiger partial charge is 0.397 e. The molecule has 0 spiro atoms. The van der Waals surface area contributed by atoms with Crippen molar-refractivity contribution in [3.63, 3.8) is 0 Å². The minimum Gasteiger partial charge on any atom is -0.397 e. The summed E-state index contributed by atoms with van der Waals surface area (Å²) in [6.07, 6.45) is 0. The van der Waals surface area contributed by atoms with Gasteiger partial charge in [-0.2, -0.15) is 8.42 Å². The molecule has 0 bridgehead atoms. The molecule has 11 heteroatoms. The van der Waals surface area contributed by atoms with Gasteiger partial charge in [0.25, 0.3) is 10.1 Å². The van der Waals surface area contributed by atoms with Crippen LogP contribution < -0.4 is 5.73 Å². The molecule has 0 aliphatic heterocycles. The van der Waals surface area contributed by atoms with E-state index in [2.05, 4.69) is 4.98 Å². The van der Waals surface area contributed by atoms with Crippen LogP contribution in [0.15, 0.2) is 68.7 Å². The third-order valence-electron chi connectivity index (χ3n) is 4.91. The zero-order valence-electron chi connectivity index (χ0n) is 16.5. The first-order valence-electron chi connectivity index (χ1n) is 8.91. The molecule has 1 aliphatic carbocycles. The monoisotopic (exact) mass is 491 g/mol. The van der Waals surface area contributed by atoms with Gasteiger partial charge in [-0.3, -0.25) is 14.1 Å². The number of benzene rings is 3. The molecule has 5 rings (SSSR count). The maximum absolute atomic E-state index is 13.3. The molecule has 0 saturated carbocycles. The number of nitrogens with zero attached hydrogens (tertiary/aromatic N) is 1. The molecular weight excluding hydrogens is 479 g/mol. The summed E-state index contributed by atoms with van der Waals surface area (Å²) in [5, 5.41) is 0. The Morgan fingerprint density at radius 2 is 1.53 bits per heavy atom. The van der Waals surface area contributed by atoms with Gasteiger partial charge in [0.15, 0.2) is 15.9 Å². The van der Waals surface area contributed by atoms with Crippen LogP contribution in [-0.4, -0.2) is 59.1 Å². The molecule has 0 amide bonds. The van der Waals surface area contributed by atoms with Crippen LogP contribution in [0.25, 0.3) is 10.2 Å². The summed E-state index contributed by atoms with van der Waals surface area (Å²) in [5.41, 5.74) is 6.44. The third kappa shape index (κ3) is 3.71. The second kappa shape index (κ2) is 8.38. The fourth-order valence-corrected chi connectivity index (χ4v) is 6.47. The van der Waals surface area contributed by atoms with Crippen molar-refractivity contribution >= 4 is 90.2 Å². The van der Waals surface area contributed by atoms with Gasteiger partial charge >= 0.3 is 0 Å². The number of nitrogens with two attached hydrogens (primary N) is 1. The topological polar surface area (TPSA) is 127 Å². The number of ketones is 2. The number of carbonyl (C=O) groups excluding carboxylic acids is 2. The summed E-state index contributed by atoms with van der Waals surface area (Å²) in [6, 6.07) is 14.8. The van der Waals surface area contributed by atoms with E-state index in [1.54, 1.807) is 12.1 Å². The van der Waals surface area contributed by atoms with Crippen molar-refractivity contribution < 1.29 is 22.6 Å². The summed E-state index contributed by atoms with van der Waals surface area (Å²) in [6.45, 7) is 0. The molecule has 32 heavy (non-hydrogen) atoms. The van der Waals surface area contributed by atoms with Gasteiger partial charge in [0.05, 0.1) is 21.5 Å². The number of nitrogen functional groups attached to an aromatic ring is 1. The predicted molar refractivity (Wildman–Crippen MR) is 123 cm³/mol. The SMILES string of the molecule is Nc1c(S(=O)(=O)O)cc(Sc2nc3ccccc3s2)c2c1C(=O)c1ccccc1C2=O.[Na]. The maximum Gasteiger partial charge on any atom is 0.296 e. The van der Waals surface area contributed by atoms with Crippen molar-refractivity contribution in [2.24, 2.45) is 0 Å². The minimum absolute atomic E-state index is 0. The Kier molecular flexibility index (Phi) is 6.05. The average molecular weight is 492 g/mol. The zero-order valence-corrected chi connectivity index (χ0v) is 21.0. The smallest absolute Gasteiger partial charge is 0.296 e. The van der Waals surface area contributed by atoms with Crippen molar-refractivity contribution in [1.82, 2.24) is 4.98 Å². The molecule has 0 fully saturated rings. The van der Waals surface area contributed by atoms with E-state index < -0.39 is 32.3 Å². The Hall–Kier alpha value is -2.05. The minimum atomic E-state index is -4.74. The maximum atomic E-state index is 13.3. The zero-order chi connectivity index (χ0) is 21.9. The van der Waals surface area contributed by atoms with E-state index >= 15 is 0 Å². The van der Waals surface area contributed by atoms with Gasteiger partial charge < -0.3 is 5.73 Å². The van der Waals surface area contributed by atoms with Gasteiger partial charge in [-0.15, -0.1) is 11.3 Å². The van der Waals surface area contributed by atoms with Crippen LogP contribution in [0.3, 0.4) is 0 Å². The second-order valence-corrected chi connectivity index (χ2v) is 10.5. The van der Waals surface area contributed by atoms with Crippen LogP contribution in [0.2, 0.25) is 0 Å². The molecule has 1 heterocycles. The number of aromatic nitrogens is 1. The first-order chi connectivity index (χ1) is 14.8. The van der Waals surface area contributed by atoms with Crippen LogP contribution in [-0.2, 0) is 10.1 Å². The van der Waals surface area contributed by atoms with E-state index in [-0.39, 0.29) is 56.7 Å². The Morgan fingerprint density at radius 1 is 0.938 bits per heavy atom. The Bertz CT molecular complexity index is 1510. The van der Waals surface area contributed by atoms with E-state index in [4.69, 9.17) is 5.73 Å². The van der Waals surface area contributed by atoms with Gasteiger partial charge in [0, 0.05) is 51.1 Å². The van der Waals surface area contributed by atoms with Gasteiger partial charge in [-0.25, -0.2) is 4.98 Å². The molecular formula is C21H12N2NaO5S3. The third-order valence-corrected chi connectivity index (χ3v) is 7.95. The summed E-state index contributed by atoms with van der Waals surface area (Å²) in [5.74, 6) is -1.01. The van der Waals surface area contributed by atoms with Crippen molar-refractivity contribution in [2.45, 2.75) is 14.1 Å². The number of hydrogen-bond donors (Lipinski definition) is 2. The van der Waals surface area contributed by atoms with Crippen molar-refractivity contribution in [3.8, 4) is 0 Å². The molecule has 155 valence electrons.